The molecule has 0 atom stereocenters. The molecule has 0 unspecified atom stereocenters. The van der Waals surface area contributed by atoms with Gasteiger partial charge in [-0.1, -0.05) is 13.8 Å². The largest absolute Gasteiger partial charge is 0.343 e. The maximum absolute atomic E-state index is 12.2. The van der Waals surface area contributed by atoms with Gasteiger partial charge in [0.15, 0.2) is 0 Å². The predicted molar refractivity (Wildman–Crippen MR) is 96.9 cm³/mol. The molecular weight excluding hydrogens is 314 g/mol. The molecule has 0 spiro atoms. The molecular formula is C17H34ClN3O2. The van der Waals surface area contributed by atoms with Crippen molar-refractivity contribution in [3.8, 4) is 0 Å². The molecule has 1 aliphatic heterocycles. The molecule has 0 aliphatic carbocycles. The first-order valence-electron chi connectivity index (χ1n) is 8.85. The molecule has 6 heteroatoms. The summed E-state index contributed by atoms with van der Waals surface area (Å²) < 4.78 is 0. The van der Waals surface area contributed by atoms with Gasteiger partial charge in [-0.15, -0.1) is 12.4 Å². The second-order valence-electron chi connectivity index (χ2n) is 6.18. The van der Waals surface area contributed by atoms with E-state index in [1.165, 1.54) is 0 Å². The van der Waals surface area contributed by atoms with Crippen LogP contribution < -0.4 is 5.32 Å². The Kier molecular flexibility index (Phi) is 12.1. The molecule has 1 heterocycles. The molecule has 0 aromatic rings. The van der Waals surface area contributed by atoms with Crippen molar-refractivity contribution >= 4 is 24.2 Å². The van der Waals surface area contributed by atoms with Crippen LogP contribution in [0.2, 0.25) is 0 Å². The summed E-state index contributed by atoms with van der Waals surface area (Å²) >= 11 is 0. The molecule has 1 aliphatic rings. The maximum atomic E-state index is 12.2. The highest BCUT2D eigenvalue weighted by Crippen LogP contribution is 2.12. The maximum Gasteiger partial charge on any atom is 0.222 e. The van der Waals surface area contributed by atoms with Crippen LogP contribution in [-0.4, -0.2) is 60.9 Å². The number of nitrogens with one attached hydrogen (secondary N) is 1. The summed E-state index contributed by atoms with van der Waals surface area (Å²) in [7, 11) is 1.98. The van der Waals surface area contributed by atoms with Crippen molar-refractivity contribution in [2.24, 2.45) is 0 Å². The van der Waals surface area contributed by atoms with Crippen molar-refractivity contribution in [3.63, 3.8) is 0 Å². The first kappa shape index (κ1) is 22.2. The molecule has 2 amide bonds. The number of hydrogen-bond donors (Lipinski definition) is 1. The number of rotatable bonds is 9. The average Bonchev–Trinajstić information content (AvgIpc) is 2.54. The summed E-state index contributed by atoms with van der Waals surface area (Å²) in [5, 5.41) is 3.27. The number of halogens is 1. The smallest absolute Gasteiger partial charge is 0.222 e. The molecule has 0 aromatic carbocycles. The van der Waals surface area contributed by atoms with Crippen LogP contribution in [0.5, 0.6) is 0 Å². The van der Waals surface area contributed by atoms with E-state index in [4.69, 9.17) is 0 Å². The zero-order valence-electron chi connectivity index (χ0n) is 15.0. The van der Waals surface area contributed by atoms with Gasteiger partial charge in [-0.3, -0.25) is 9.59 Å². The minimum Gasteiger partial charge on any atom is -0.343 e. The Morgan fingerprint density at radius 1 is 1.09 bits per heavy atom. The normalized spacial score (nSPS) is 15.2. The fourth-order valence-electron chi connectivity index (χ4n) is 3.03. The van der Waals surface area contributed by atoms with Gasteiger partial charge >= 0.3 is 0 Å². The summed E-state index contributed by atoms with van der Waals surface area (Å²) in [5.41, 5.74) is 0. The van der Waals surface area contributed by atoms with Gasteiger partial charge in [0.05, 0.1) is 0 Å². The summed E-state index contributed by atoms with van der Waals surface area (Å²) in [6.45, 7) is 7.53. The Morgan fingerprint density at radius 3 is 2.13 bits per heavy atom. The van der Waals surface area contributed by atoms with E-state index in [2.05, 4.69) is 19.2 Å². The number of nitrogens with zero attached hydrogens (tertiary/aromatic N) is 2. The van der Waals surface area contributed by atoms with Crippen LogP contribution in [0, 0.1) is 0 Å². The van der Waals surface area contributed by atoms with E-state index in [9.17, 15) is 9.59 Å². The van der Waals surface area contributed by atoms with Crippen LogP contribution in [0.3, 0.4) is 0 Å². The van der Waals surface area contributed by atoms with Crippen molar-refractivity contribution in [1.82, 2.24) is 15.1 Å². The van der Waals surface area contributed by atoms with Crippen molar-refractivity contribution in [2.75, 3.05) is 33.2 Å². The second kappa shape index (κ2) is 12.6. The molecule has 23 heavy (non-hydrogen) atoms. The molecule has 0 aromatic heterocycles. The van der Waals surface area contributed by atoms with E-state index in [0.29, 0.717) is 25.3 Å². The molecule has 0 saturated carbocycles. The van der Waals surface area contributed by atoms with Crippen LogP contribution in [0.4, 0.5) is 0 Å². The SMILES string of the molecule is CCCN(CCC)C(=O)CCCC(=O)N1CCC(NC)CC1.Cl. The highest BCUT2D eigenvalue weighted by Gasteiger charge is 2.21. The molecule has 1 N–H and O–H groups in total. The van der Waals surface area contributed by atoms with Gasteiger partial charge in [-0.05, 0) is 39.2 Å². The van der Waals surface area contributed by atoms with Crippen LogP contribution in [0.15, 0.2) is 0 Å². The standard InChI is InChI=1S/C17H33N3O2.ClH/c1-4-11-19(12-5-2)16(21)7-6-8-17(22)20-13-9-15(18-3)10-14-20;/h15,18H,4-14H2,1-3H3;1H. The molecule has 1 fully saturated rings. The zero-order valence-corrected chi connectivity index (χ0v) is 15.8. The van der Waals surface area contributed by atoms with Crippen LogP contribution >= 0.6 is 12.4 Å². The lowest BCUT2D eigenvalue weighted by Crippen LogP contribution is -2.43. The summed E-state index contributed by atoms with van der Waals surface area (Å²) in [6.07, 6.45) is 5.72. The highest BCUT2D eigenvalue weighted by atomic mass is 35.5. The number of carbonyl (C=O) groups is 2. The summed E-state index contributed by atoms with van der Waals surface area (Å²) in [4.78, 5) is 28.2. The highest BCUT2D eigenvalue weighted by molar-refractivity contribution is 5.85. The topological polar surface area (TPSA) is 52.7 Å². The molecule has 1 saturated heterocycles. The van der Waals surface area contributed by atoms with Gasteiger partial charge in [0.1, 0.15) is 0 Å². The summed E-state index contributed by atoms with van der Waals surface area (Å²) in [5.74, 6) is 0.408. The predicted octanol–water partition coefficient (Wildman–Crippen LogP) is 2.44. The van der Waals surface area contributed by atoms with Crippen LogP contribution in [-0.2, 0) is 9.59 Å². The molecule has 0 bridgehead atoms. The van der Waals surface area contributed by atoms with Crippen molar-refractivity contribution in [2.45, 2.75) is 64.8 Å². The van der Waals surface area contributed by atoms with Gasteiger partial charge in [0.25, 0.3) is 0 Å². The lowest BCUT2D eigenvalue weighted by atomic mass is 10.0. The molecule has 1 rings (SSSR count). The number of amides is 2. The first-order valence-corrected chi connectivity index (χ1v) is 8.85. The van der Waals surface area contributed by atoms with E-state index in [1.807, 2.05) is 16.8 Å². The Bertz CT molecular complexity index is 339. The van der Waals surface area contributed by atoms with Crippen molar-refractivity contribution < 1.29 is 9.59 Å². The lowest BCUT2D eigenvalue weighted by molar-refractivity contribution is -0.133. The van der Waals surface area contributed by atoms with Crippen molar-refractivity contribution in [3.05, 3.63) is 0 Å². The van der Waals surface area contributed by atoms with Crippen LogP contribution in [0.25, 0.3) is 0 Å². The molecule has 5 nitrogen and oxygen atoms in total. The monoisotopic (exact) mass is 347 g/mol. The third kappa shape index (κ3) is 8.02. The number of carbonyl (C=O) groups excluding carboxylic acids is 2. The lowest BCUT2D eigenvalue weighted by Gasteiger charge is -2.32. The number of piperidine rings is 1. The van der Waals surface area contributed by atoms with E-state index in [1.54, 1.807) is 0 Å². The first-order chi connectivity index (χ1) is 10.6. The minimum atomic E-state index is 0. The van der Waals surface area contributed by atoms with Gasteiger partial charge in [0, 0.05) is 45.1 Å². The zero-order chi connectivity index (χ0) is 16.4. The van der Waals surface area contributed by atoms with Crippen molar-refractivity contribution in [1.29, 1.82) is 0 Å². The Morgan fingerprint density at radius 2 is 1.65 bits per heavy atom. The minimum absolute atomic E-state index is 0. The average molecular weight is 348 g/mol. The van der Waals surface area contributed by atoms with E-state index in [0.717, 1.165) is 51.9 Å². The Hall–Kier alpha value is -0.810. The van der Waals surface area contributed by atoms with E-state index in [-0.39, 0.29) is 24.2 Å². The van der Waals surface area contributed by atoms with Gasteiger partial charge in [0.2, 0.25) is 11.8 Å². The summed E-state index contributed by atoms with van der Waals surface area (Å²) in [6, 6.07) is 0.544. The van der Waals surface area contributed by atoms with Gasteiger partial charge in [-0.2, -0.15) is 0 Å². The van der Waals surface area contributed by atoms with Crippen LogP contribution in [0.1, 0.15) is 58.8 Å². The fraction of sp³-hybridized carbons (Fsp3) is 0.882. The van der Waals surface area contributed by atoms with E-state index < -0.39 is 0 Å². The van der Waals surface area contributed by atoms with Gasteiger partial charge < -0.3 is 15.1 Å². The fourth-order valence-corrected chi connectivity index (χ4v) is 3.03. The molecule has 0 radical (unpaired) electrons. The van der Waals surface area contributed by atoms with Gasteiger partial charge in [-0.25, -0.2) is 0 Å². The third-order valence-corrected chi connectivity index (χ3v) is 4.38. The Balaban J connectivity index is 0.00000484. The second-order valence-corrected chi connectivity index (χ2v) is 6.18. The molecule has 136 valence electrons. The number of likely N-dealkylation sites (tertiary alicyclic amines) is 1. The van der Waals surface area contributed by atoms with E-state index >= 15 is 0 Å². The quantitative estimate of drug-likeness (QED) is 0.697. The Labute approximate surface area is 147 Å². The number of hydrogen-bond acceptors (Lipinski definition) is 3. The third-order valence-electron chi connectivity index (χ3n) is 4.38.